The second-order valence-corrected chi connectivity index (χ2v) is 20.9. The van der Waals surface area contributed by atoms with E-state index < -0.39 is 46.9 Å². The van der Waals surface area contributed by atoms with Gasteiger partial charge in [0.15, 0.2) is 0 Å². The molecule has 4 aliphatic rings. The number of fused-ring (bicyclic) bond motifs is 5. The smallest absolute Gasteiger partial charge is 0.426 e. The molecule has 0 aromatic heterocycles. The summed E-state index contributed by atoms with van der Waals surface area (Å²) in [6.07, 6.45) is 17.5. The summed E-state index contributed by atoms with van der Waals surface area (Å²) >= 11 is 0. The first-order chi connectivity index (χ1) is 29.6. The van der Waals surface area contributed by atoms with Gasteiger partial charge in [0.25, 0.3) is 0 Å². The van der Waals surface area contributed by atoms with Crippen LogP contribution in [0.4, 0.5) is 46.5 Å². The third-order valence-corrected chi connectivity index (χ3v) is 16.8. The zero-order valence-corrected chi connectivity index (χ0v) is 38.6. The lowest BCUT2D eigenvalue weighted by Gasteiger charge is -2.61. The number of carbonyl (C=O) groups is 1. The Morgan fingerprint density at radius 1 is 0.698 bits per heavy atom. The van der Waals surface area contributed by atoms with Gasteiger partial charge >= 0.3 is 29.8 Å². The van der Waals surface area contributed by atoms with Crippen molar-refractivity contribution < 1.29 is 49.4 Å². The van der Waals surface area contributed by atoms with Crippen LogP contribution in [0.5, 0.6) is 0 Å². The normalized spacial score (nSPS) is 29.5. The molecule has 4 fully saturated rings. The summed E-state index contributed by atoms with van der Waals surface area (Å²) < 4.78 is 131. The lowest BCUT2D eigenvalue weighted by molar-refractivity contribution is -0.439. The minimum Gasteiger partial charge on any atom is -0.466 e. The van der Waals surface area contributed by atoms with E-state index in [2.05, 4.69) is 32.4 Å². The third kappa shape index (κ3) is 11.5. The first-order valence-corrected chi connectivity index (χ1v) is 24.6. The Labute approximate surface area is 372 Å². The van der Waals surface area contributed by atoms with Gasteiger partial charge in [-0.3, -0.25) is 4.79 Å². The predicted molar refractivity (Wildman–Crippen MR) is 234 cm³/mol. The molecular weight excluding hydrogens is 829 g/mol. The molecule has 5 rings (SSSR count). The number of hydrogen-bond acceptors (Lipinski definition) is 5. The van der Waals surface area contributed by atoms with Gasteiger partial charge in [-0.05, 0) is 135 Å². The van der Waals surface area contributed by atoms with Crippen LogP contribution in [0.15, 0.2) is 18.2 Å². The van der Waals surface area contributed by atoms with Crippen molar-refractivity contribution in [1.29, 1.82) is 0 Å². The Morgan fingerprint density at radius 3 is 1.83 bits per heavy atom. The maximum atomic E-state index is 15.2. The molecule has 0 radical (unpaired) electrons. The minimum absolute atomic E-state index is 0.0454. The van der Waals surface area contributed by atoms with Crippen molar-refractivity contribution in [2.24, 2.45) is 46.3 Å². The summed E-state index contributed by atoms with van der Waals surface area (Å²) in [4.78, 5) is 12.7. The van der Waals surface area contributed by atoms with E-state index in [1.54, 1.807) is 0 Å². The summed E-state index contributed by atoms with van der Waals surface area (Å²) in [5.74, 6) is -17.2. The van der Waals surface area contributed by atoms with Gasteiger partial charge in [-0.25, -0.2) is 0 Å². The number of esters is 1. The van der Waals surface area contributed by atoms with E-state index in [0.717, 1.165) is 57.4 Å². The Hall–Kier alpha value is -2.31. The van der Waals surface area contributed by atoms with Crippen molar-refractivity contribution in [2.75, 3.05) is 18.1 Å². The largest absolute Gasteiger partial charge is 0.466 e. The van der Waals surface area contributed by atoms with Crippen LogP contribution in [0.2, 0.25) is 0 Å². The van der Waals surface area contributed by atoms with E-state index in [0.29, 0.717) is 61.7 Å². The van der Waals surface area contributed by atoms with Crippen LogP contribution < -0.4 is 11.5 Å². The highest BCUT2D eigenvalue weighted by Gasteiger charge is 2.82. The monoisotopic (exact) mass is 907 g/mol. The van der Waals surface area contributed by atoms with Crippen LogP contribution in [0.25, 0.3) is 0 Å². The molecule has 2 unspecified atom stereocenters. The average molecular weight is 907 g/mol. The molecule has 63 heavy (non-hydrogen) atoms. The van der Waals surface area contributed by atoms with E-state index in [-0.39, 0.29) is 41.5 Å². The molecular formula is C50H78F8N2O3. The highest BCUT2D eigenvalue weighted by molar-refractivity contribution is 5.69. The van der Waals surface area contributed by atoms with Crippen molar-refractivity contribution in [3.8, 4) is 0 Å². The molecule has 1 aromatic carbocycles. The molecule has 13 heteroatoms. The summed E-state index contributed by atoms with van der Waals surface area (Å²) in [5, 5.41) is 0. The molecule has 0 heterocycles. The zero-order chi connectivity index (χ0) is 46.3. The standard InChI is InChI=1S/C50H78F8N2O3/c1-5-6-7-8-9-10-11-12-13-14-15-16-17-18-29-62-44(61)24-19-34(2)41-22-23-42-40-21-20-35-32-39(25-27-45(35,3)43(40)26-28-46(41,42)4)63-50(57,58)49(55,56)48(53,54)47(51,52)36-30-37(59)33-38(60)31-36/h30-31,33-35,39-43H,5-29,32,59-60H2,1-4H3/t34-,35?,39?,40+,41-,42+,43+,45+,46-/m1/s1. The number of unbranched alkanes of at least 4 members (excludes halogenated alkanes) is 13. The van der Waals surface area contributed by atoms with Gasteiger partial charge in [-0.1, -0.05) is 111 Å². The number of nitrogens with two attached hydrogens (primary N) is 2. The van der Waals surface area contributed by atoms with Gasteiger partial charge in [0.2, 0.25) is 0 Å². The van der Waals surface area contributed by atoms with Crippen LogP contribution in [0, 0.1) is 46.3 Å². The van der Waals surface area contributed by atoms with Gasteiger partial charge in [0.05, 0.1) is 12.7 Å². The fourth-order valence-electron chi connectivity index (χ4n) is 13.1. The van der Waals surface area contributed by atoms with Crippen molar-refractivity contribution in [3.05, 3.63) is 23.8 Å². The second-order valence-electron chi connectivity index (χ2n) is 20.9. The molecule has 0 amide bonds. The van der Waals surface area contributed by atoms with E-state index in [1.165, 1.54) is 77.0 Å². The quantitative estimate of drug-likeness (QED) is 0.0442. The average Bonchev–Trinajstić information content (AvgIpc) is 3.58. The molecule has 0 aliphatic heterocycles. The molecule has 5 nitrogen and oxygen atoms in total. The Morgan fingerprint density at radius 2 is 1.24 bits per heavy atom. The first-order valence-electron chi connectivity index (χ1n) is 24.6. The number of anilines is 2. The maximum Gasteiger partial charge on any atom is 0.426 e. The molecule has 0 bridgehead atoms. The van der Waals surface area contributed by atoms with Crippen LogP contribution in [0.3, 0.4) is 0 Å². The highest BCUT2D eigenvalue weighted by atomic mass is 19.4. The number of hydrogen-bond donors (Lipinski definition) is 2. The predicted octanol–water partition coefficient (Wildman–Crippen LogP) is 15.3. The van der Waals surface area contributed by atoms with E-state index >= 15 is 17.6 Å². The van der Waals surface area contributed by atoms with Crippen molar-refractivity contribution >= 4 is 17.3 Å². The fraction of sp³-hybridized carbons (Fsp3) is 0.860. The topological polar surface area (TPSA) is 87.6 Å². The Balaban J connectivity index is 1.04. The Bertz CT molecular complexity index is 1590. The van der Waals surface area contributed by atoms with Crippen LogP contribution in [-0.2, 0) is 20.2 Å². The van der Waals surface area contributed by atoms with E-state index in [9.17, 15) is 22.4 Å². The minimum atomic E-state index is -6.57. The van der Waals surface area contributed by atoms with Crippen LogP contribution in [-0.4, -0.2) is 36.6 Å². The molecule has 1 aromatic rings. The van der Waals surface area contributed by atoms with Gasteiger partial charge in [0, 0.05) is 23.4 Å². The summed E-state index contributed by atoms with van der Waals surface area (Å²) in [6, 6.07) is 1.55. The van der Waals surface area contributed by atoms with E-state index in [1.807, 2.05) is 0 Å². The SMILES string of the molecule is CCCCCCCCCCCCCCCCOC(=O)CC[C@@H](C)[C@H]1CC[C@H]2[C@@H]3CCC4CC(OC(F)(F)C(F)(F)C(F)(F)C(F)(F)c5cc(N)cc(N)c5)CC[C@]4(C)[C@H]3CC[C@]12C. The van der Waals surface area contributed by atoms with E-state index in [4.69, 9.17) is 16.2 Å². The van der Waals surface area contributed by atoms with Gasteiger partial charge in [-0.2, -0.15) is 35.1 Å². The molecule has 4 aliphatic carbocycles. The summed E-state index contributed by atoms with van der Waals surface area (Å²) in [5.41, 5.74) is 7.88. The number of rotatable bonds is 25. The van der Waals surface area contributed by atoms with Crippen molar-refractivity contribution in [3.63, 3.8) is 0 Å². The van der Waals surface area contributed by atoms with Gasteiger partial charge in [-0.15, -0.1) is 0 Å². The zero-order valence-electron chi connectivity index (χ0n) is 38.6. The summed E-state index contributed by atoms with van der Waals surface area (Å²) in [7, 11) is 0. The molecule has 4 N–H and O–H groups in total. The molecule has 9 atom stereocenters. The number of ether oxygens (including phenoxy) is 2. The maximum absolute atomic E-state index is 15.2. The molecule has 362 valence electrons. The molecule has 0 saturated heterocycles. The number of nitrogen functional groups attached to an aromatic ring is 2. The summed E-state index contributed by atoms with van der Waals surface area (Å²) in [6.45, 7) is 9.54. The lowest BCUT2D eigenvalue weighted by atomic mass is 9.44. The fourth-order valence-corrected chi connectivity index (χ4v) is 13.1. The number of carbonyl (C=O) groups excluding carboxylic acids is 1. The number of alkyl halides is 8. The number of benzene rings is 1. The van der Waals surface area contributed by atoms with Gasteiger partial charge < -0.3 is 20.9 Å². The first kappa shape index (κ1) is 51.7. The lowest BCUT2D eigenvalue weighted by Crippen LogP contribution is -2.63. The number of halogens is 8. The van der Waals surface area contributed by atoms with Crippen molar-refractivity contribution in [1.82, 2.24) is 0 Å². The molecule has 0 spiro atoms. The second kappa shape index (κ2) is 21.5. The van der Waals surface area contributed by atoms with Gasteiger partial charge in [0.1, 0.15) is 0 Å². The van der Waals surface area contributed by atoms with Crippen molar-refractivity contribution in [2.45, 2.75) is 218 Å². The molecule has 4 saturated carbocycles. The van der Waals surface area contributed by atoms with Crippen LogP contribution >= 0.6 is 0 Å². The third-order valence-electron chi connectivity index (χ3n) is 16.8. The highest BCUT2D eigenvalue weighted by Crippen LogP contribution is 2.69. The Kier molecular flexibility index (Phi) is 17.7. The van der Waals surface area contributed by atoms with Crippen LogP contribution in [0.1, 0.15) is 194 Å².